The van der Waals surface area contributed by atoms with E-state index < -0.39 is 0 Å². The van der Waals surface area contributed by atoms with Crippen LogP contribution >= 0.6 is 0 Å². The van der Waals surface area contributed by atoms with E-state index >= 15 is 0 Å². The molecule has 1 fully saturated rings. The van der Waals surface area contributed by atoms with Gasteiger partial charge in [0.15, 0.2) is 0 Å². The van der Waals surface area contributed by atoms with Crippen molar-refractivity contribution < 1.29 is 0 Å². The van der Waals surface area contributed by atoms with E-state index in [0.29, 0.717) is 12.1 Å². The van der Waals surface area contributed by atoms with Crippen LogP contribution in [0.2, 0.25) is 0 Å². The van der Waals surface area contributed by atoms with Crippen LogP contribution in [-0.4, -0.2) is 42.0 Å². The third-order valence-corrected chi connectivity index (χ3v) is 3.16. The maximum atomic E-state index is 3.98. The first kappa shape index (κ1) is 11.3. The van der Waals surface area contributed by atoms with E-state index in [1.807, 2.05) is 6.08 Å². The van der Waals surface area contributed by atoms with Crippen LogP contribution in [0.25, 0.3) is 0 Å². The van der Waals surface area contributed by atoms with Gasteiger partial charge in [-0.15, -0.1) is 0 Å². The Labute approximate surface area is 87.9 Å². The second-order valence-corrected chi connectivity index (χ2v) is 4.34. The normalized spacial score (nSPS) is 22.7. The molecule has 2 heteroatoms. The molecule has 0 amide bonds. The molecule has 14 heavy (non-hydrogen) atoms. The Balaban J connectivity index is 2.49. The molecule has 0 N–H and O–H groups in total. The van der Waals surface area contributed by atoms with Crippen molar-refractivity contribution in [1.82, 2.24) is 9.80 Å². The number of hydrogen-bond donors (Lipinski definition) is 0. The van der Waals surface area contributed by atoms with E-state index in [2.05, 4.69) is 43.9 Å². The summed E-state index contributed by atoms with van der Waals surface area (Å²) in [7, 11) is 2.11. The van der Waals surface area contributed by atoms with Crippen molar-refractivity contribution in [2.45, 2.75) is 32.4 Å². The van der Waals surface area contributed by atoms with E-state index in [0.717, 1.165) is 12.2 Å². The zero-order valence-electron chi connectivity index (χ0n) is 9.66. The summed E-state index contributed by atoms with van der Waals surface area (Å²) < 4.78 is 0. The van der Waals surface area contributed by atoms with Crippen molar-refractivity contribution in [3.63, 3.8) is 0 Å². The Morgan fingerprint density at radius 1 is 1.57 bits per heavy atom. The molecule has 1 aliphatic heterocycles. The third-order valence-electron chi connectivity index (χ3n) is 3.16. The van der Waals surface area contributed by atoms with Crippen molar-refractivity contribution in [2.24, 2.45) is 0 Å². The molecule has 1 rings (SSSR count). The summed E-state index contributed by atoms with van der Waals surface area (Å²) in [6.45, 7) is 14.6. The lowest BCUT2D eigenvalue weighted by Crippen LogP contribution is -2.35. The van der Waals surface area contributed by atoms with Crippen LogP contribution in [0.5, 0.6) is 0 Å². The van der Waals surface area contributed by atoms with E-state index in [9.17, 15) is 0 Å². The van der Waals surface area contributed by atoms with Gasteiger partial charge < -0.3 is 4.90 Å². The molecule has 0 radical (unpaired) electrons. The molecular formula is C12H22N2. The van der Waals surface area contributed by atoms with Crippen LogP contribution in [-0.2, 0) is 0 Å². The van der Waals surface area contributed by atoms with E-state index in [1.165, 1.54) is 13.0 Å². The molecule has 1 unspecified atom stereocenters. The summed E-state index contributed by atoms with van der Waals surface area (Å²) in [6.07, 6.45) is 3.07. The molecule has 0 aliphatic carbocycles. The minimum atomic E-state index is 0.614. The van der Waals surface area contributed by atoms with Gasteiger partial charge in [-0.2, -0.15) is 0 Å². The second-order valence-electron chi connectivity index (χ2n) is 4.34. The van der Waals surface area contributed by atoms with Crippen LogP contribution < -0.4 is 0 Å². The first-order chi connectivity index (χ1) is 6.56. The van der Waals surface area contributed by atoms with Gasteiger partial charge in [-0.05, 0) is 26.3 Å². The standard InChI is InChI=1S/C12H22N2/c1-6-11(4)13(5)12-7-8-14(9-12)10(2)3/h6,10,12H,1,4,7-9H2,2-3,5H3. The lowest BCUT2D eigenvalue weighted by molar-refractivity contribution is 0.243. The van der Waals surface area contributed by atoms with Gasteiger partial charge in [0, 0.05) is 37.9 Å². The van der Waals surface area contributed by atoms with Crippen LogP contribution in [0.3, 0.4) is 0 Å². The Morgan fingerprint density at radius 2 is 2.21 bits per heavy atom. The van der Waals surface area contributed by atoms with Gasteiger partial charge >= 0.3 is 0 Å². The molecule has 1 heterocycles. The minimum Gasteiger partial charge on any atom is -0.371 e. The highest BCUT2D eigenvalue weighted by molar-refractivity contribution is 5.11. The Hall–Kier alpha value is -0.760. The molecule has 0 bridgehead atoms. The number of allylic oxidation sites excluding steroid dienone is 1. The first-order valence-electron chi connectivity index (χ1n) is 5.34. The van der Waals surface area contributed by atoms with E-state index in [-0.39, 0.29) is 0 Å². The molecule has 0 spiro atoms. The molecule has 0 aromatic rings. The van der Waals surface area contributed by atoms with Crippen molar-refractivity contribution in [1.29, 1.82) is 0 Å². The van der Waals surface area contributed by atoms with Crippen LogP contribution in [0.15, 0.2) is 24.9 Å². The van der Waals surface area contributed by atoms with Gasteiger partial charge in [0.25, 0.3) is 0 Å². The topological polar surface area (TPSA) is 6.48 Å². The quantitative estimate of drug-likeness (QED) is 0.632. The SMILES string of the molecule is C=CC(=C)N(C)C1CCN(C(C)C)C1. The van der Waals surface area contributed by atoms with Crippen LogP contribution in [0, 0.1) is 0 Å². The summed E-state index contributed by atoms with van der Waals surface area (Å²) >= 11 is 0. The van der Waals surface area contributed by atoms with E-state index in [4.69, 9.17) is 0 Å². The zero-order chi connectivity index (χ0) is 10.7. The van der Waals surface area contributed by atoms with Crippen molar-refractivity contribution in [2.75, 3.05) is 20.1 Å². The highest BCUT2D eigenvalue weighted by Crippen LogP contribution is 2.19. The third kappa shape index (κ3) is 2.38. The average molecular weight is 194 g/mol. The number of likely N-dealkylation sites (N-methyl/N-ethyl adjacent to an activating group) is 1. The van der Waals surface area contributed by atoms with Gasteiger partial charge in [0.2, 0.25) is 0 Å². The summed E-state index contributed by atoms with van der Waals surface area (Å²) in [5.74, 6) is 0. The van der Waals surface area contributed by atoms with Gasteiger partial charge in [0.05, 0.1) is 0 Å². The van der Waals surface area contributed by atoms with Crippen molar-refractivity contribution in [3.05, 3.63) is 24.9 Å². The lowest BCUT2D eigenvalue weighted by atomic mass is 10.2. The fraction of sp³-hybridized carbons (Fsp3) is 0.667. The summed E-state index contributed by atoms with van der Waals surface area (Å²) in [5, 5.41) is 0. The van der Waals surface area contributed by atoms with Crippen molar-refractivity contribution >= 4 is 0 Å². The summed E-state index contributed by atoms with van der Waals surface area (Å²) in [5.41, 5.74) is 1.03. The predicted molar refractivity (Wildman–Crippen MR) is 62.2 cm³/mol. The predicted octanol–water partition coefficient (Wildman–Crippen LogP) is 2.10. The van der Waals surface area contributed by atoms with Gasteiger partial charge in [-0.1, -0.05) is 13.2 Å². The highest BCUT2D eigenvalue weighted by Gasteiger charge is 2.26. The molecule has 80 valence electrons. The smallest absolute Gasteiger partial charge is 0.0425 e. The molecule has 1 atom stereocenters. The summed E-state index contributed by atoms with van der Waals surface area (Å²) in [6, 6.07) is 1.27. The Kier molecular flexibility index (Phi) is 3.76. The largest absolute Gasteiger partial charge is 0.371 e. The van der Waals surface area contributed by atoms with Crippen LogP contribution in [0.4, 0.5) is 0 Å². The average Bonchev–Trinajstić information content (AvgIpc) is 2.64. The van der Waals surface area contributed by atoms with Gasteiger partial charge in [-0.3, -0.25) is 4.90 Å². The zero-order valence-corrected chi connectivity index (χ0v) is 9.66. The lowest BCUT2D eigenvalue weighted by Gasteiger charge is -2.28. The molecule has 0 aromatic heterocycles. The Bertz CT molecular complexity index is 220. The summed E-state index contributed by atoms with van der Waals surface area (Å²) in [4.78, 5) is 4.76. The molecule has 2 nitrogen and oxygen atoms in total. The van der Waals surface area contributed by atoms with Crippen molar-refractivity contribution in [3.8, 4) is 0 Å². The number of rotatable bonds is 4. The van der Waals surface area contributed by atoms with Gasteiger partial charge in [-0.25, -0.2) is 0 Å². The fourth-order valence-corrected chi connectivity index (χ4v) is 1.93. The Morgan fingerprint density at radius 3 is 2.64 bits per heavy atom. The minimum absolute atomic E-state index is 0.614. The second kappa shape index (κ2) is 4.65. The monoisotopic (exact) mass is 194 g/mol. The van der Waals surface area contributed by atoms with E-state index in [1.54, 1.807) is 0 Å². The molecule has 0 saturated carbocycles. The van der Waals surface area contributed by atoms with Gasteiger partial charge in [0.1, 0.15) is 0 Å². The molecule has 1 saturated heterocycles. The number of hydrogen-bond acceptors (Lipinski definition) is 2. The number of likely N-dealkylation sites (tertiary alicyclic amines) is 1. The fourth-order valence-electron chi connectivity index (χ4n) is 1.93. The highest BCUT2D eigenvalue weighted by atomic mass is 15.3. The molecule has 1 aliphatic rings. The first-order valence-corrected chi connectivity index (χ1v) is 5.34. The molecular weight excluding hydrogens is 172 g/mol. The molecule has 0 aromatic carbocycles. The van der Waals surface area contributed by atoms with Crippen LogP contribution in [0.1, 0.15) is 20.3 Å². The maximum absolute atomic E-state index is 3.98. The maximum Gasteiger partial charge on any atom is 0.0425 e. The number of nitrogens with zero attached hydrogens (tertiary/aromatic N) is 2.